The van der Waals surface area contributed by atoms with Crippen molar-refractivity contribution in [1.82, 2.24) is 4.57 Å². The molecule has 0 radical (unpaired) electrons. The highest BCUT2D eigenvalue weighted by Crippen LogP contribution is 2.28. The van der Waals surface area contributed by atoms with Crippen molar-refractivity contribution in [2.45, 2.75) is 6.18 Å². The summed E-state index contributed by atoms with van der Waals surface area (Å²) in [7, 11) is 0. The van der Waals surface area contributed by atoms with Crippen LogP contribution in [0.4, 0.5) is 13.2 Å². The van der Waals surface area contributed by atoms with E-state index in [-0.39, 0.29) is 11.1 Å². The molecule has 0 aliphatic heterocycles. The molecule has 0 spiro atoms. The molecule has 0 saturated heterocycles. The number of halogens is 3. The number of benzene rings is 1. The van der Waals surface area contributed by atoms with E-state index in [0.717, 1.165) is 10.8 Å². The molecule has 19 heavy (non-hydrogen) atoms. The monoisotopic (exact) mass is 267 g/mol. The Hall–Kier alpha value is -2.37. The van der Waals surface area contributed by atoms with E-state index < -0.39 is 17.7 Å². The molecule has 0 aliphatic carbocycles. The minimum absolute atomic E-state index is 0.152. The smallest absolute Gasteiger partial charge is 0.298 e. The van der Waals surface area contributed by atoms with Crippen LogP contribution in [0.5, 0.6) is 0 Å². The Kier molecular flexibility index (Phi) is 3.01. The van der Waals surface area contributed by atoms with Gasteiger partial charge < -0.3 is 0 Å². The van der Waals surface area contributed by atoms with Crippen LogP contribution < -0.4 is 0 Å². The van der Waals surface area contributed by atoms with E-state index >= 15 is 0 Å². The lowest BCUT2D eigenvalue weighted by Gasteiger charge is -2.10. The van der Waals surface area contributed by atoms with Gasteiger partial charge in [0, 0.05) is 17.1 Å². The number of rotatable bonds is 2. The lowest BCUT2D eigenvalue weighted by molar-refractivity contribution is -0.0890. The fraction of sp³-hybridized carbons (Fsp3) is 0.0769. The fourth-order valence-electron chi connectivity index (χ4n) is 1.73. The number of alkyl halides is 3. The van der Waals surface area contributed by atoms with E-state index in [9.17, 15) is 22.8 Å². The summed E-state index contributed by atoms with van der Waals surface area (Å²) < 4.78 is 38.2. The van der Waals surface area contributed by atoms with Crippen molar-refractivity contribution >= 4 is 23.1 Å². The zero-order valence-corrected chi connectivity index (χ0v) is 9.57. The van der Waals surface area contributed by atoms with Crippen molar-refractivity contribution < 1.29 is 22.8 Å². The van der Waals surface area contributed by atoms with Crippen LogP contribution in [0.2, 0.25) is 0 Å². The number of carbonyl (C=O) groups excluding carboxylic acids is 2. The second-order valence-electron chi connectivity index (χ2n) is 3.87. The molecular formula is C13H8F3NO2. The highest BCUT2D eigenvalue weighted by atomic mass is 19.4. The van der Waals surface area contributed by atoms with Gasteiger partial charge in [0.1, 0.15) is 5.57 Å². The van der Waals surface area contributed by atoms with Crippen LogP contribution >= 0.6 is 0 Å². The fourth-order valence-corrected chi connectivity index (χ4v) is 1.73. The van der Waals surface area contributed by atoms with Gasteiger partial charge in [-0.1, -0.05) is 24.8 Å². The van der Waals surface area contributed by atoms with E-state index in [4.69, 9.17) is 0 Å². The highest BCUT2D eigenvalue weighted by molar-refractivity contribution is 6.06. The molecule has 0 N–H and O–H groups in total. The number of carbonyl (C=O) groups is 2. The number of nitrogens with zero attached hydrogens (tertiary/aromatic N) is 1. The van der Waals surface area contributed by atoms with E-state index in [1.165, 1.54) is 6.07 Å². The van der Waals surface area contributed by atoms with Crippen molar-refractivity contribution in [2.24, 2.45) is 0 Å². The Labute approximate surface area is 105 Å². The molecular weight excluding hydrogens is 259 g/mol. The number of aromatic nitrogens is 1. The molecule has 98 valence electrons. The van der Waals surface area contributed by atoms with Crippen LogP contribution in [0.25, 0.3) is 10.9 Å². The lowest BCUT2D eigenvalue weighted by Crippen LogP contribution is -2.23. The Morgan fingerprint density at radius 3 is 2.47 bits per heavy atom. The van der Waals surface area contributed by atoms with Crippen molar-refractivity contribution in [2.75, 3.05) is 0 Å². The van der Waals surface area contributed by atoms with E-state index in [2.05, 4.69) is 6.58 Å². The maximum atomic E-state index is 12.5. The molecule has 3 nitrogen and oxygen atoms in total. The predicted molar refractivity (Wildman–Crippen MR) is 63.1 cm³/mol. The van der Waals surface area contributed by atoms with Gasteiger partial charge in [0.05, 0.1) is 5.52 Å². The third-order valence-corrected chi connectivity index (χ3v) is 2.69. The Morgan fingerprint density at radius 2 is 1.89 bits per heavy atom. The first-order valence-corrected chi connectivity index (χ1v) is 5.22. The molecule has 6 heteroatoms. The maximum Gasteiger partial charge on any atom is 0.421 e. The summed E-state index contributed by atoms with van der Waals surface area (Å²) in [5.74, 6) is -1.29. The number of para-hydroxylation sites is 1. The highest BCUT2D eigenvalue weighted by Gasteiger charge is 2.37. The quantitative estimate of drug-likeness (QED) is 0.619. The van der Waals surface area contributed by atoms with Gasteiger partial charge in [-0.2, -0.15) is 13.2 Å². The molecule has 0 fully saturated rings. The molecule has 0 saturated carbocycles. The molecule has 0 amide bonds. The third kappa shape index (κ3) is 2.16. The summed E-state index contributed by atoms with van der Waals surface area (Å²) in [4.78, 5) is 22.6. The van der Waals surface area contributed by atoms with E-state index in [1.54, 1.807) is 18.2 Å². The standard InChI is InChI=1S/C13H8F3NO2/c1-8(13(14,15)16)12(19)17-6-9(7-18)10-4-2-3-5-11(10)17/h2-7H,1H2. The Balaban J connectivity index is 2.61. The van der Waals surface area contributed by atoms with Crippen LogP contribution in [0.15, 0.2) is 42.6 Å². The summed E-state index contributed by atoms with van der Waals surface area (Å²) in [5, 5.41) is 0.417. The van der Waals surface area contributed by atoms with Crippen molar-refractivity contribution in [3.63, 3.8) is 0 Å². The third-order valence-electron chi connectivity index (χ3n) is 2.69. The zero-order chi connectivity index (χ0) is 14.2. The van der Waals surface area contributed by atoms with Crippen LogP contribution in [0.1, 0.15) is 15.2 Å². The lowest BCUT2D eigenvalue weighted by atomic mass is 10.2. The summed E-state index contributed by atoms with van der Waals surface area (Å²) in [6.07, 6.45) is -3.23. The van der Waals surface area contributed by atoms with Gasteiger partial charge in [-0.15, -0.1) is 0 Å². The molecule has 1 aromatic carbocycles. The van der Waals surface area contributed by atoms with Gasteiger partial charge in [-0.05, 0) is 6.07 Å². The minimum atomic E-state index is -4.80. The topological polar surface area (TPSA) is 39.1 Å². The molecule has 0 aliphatic rings. The summed E-state index contributed by atoms with van der Waals surface area (Å²) in [5.41, 5.74) is -1.09. The van der Waals surface area contributed by atoms with Crippen molar-refractivity contribution in [3.05, 3.63) is 48.2 Å². The average molecular weight is 267 g/mol. The normalized spacial score (nSPS) is 11.5. The average Bonchev–Trinajstić information content (AvgIpc) is 2.74. The SMILES string of the molecule is C=C(C(=O)n1cc(C=O)c2ccccc21)C(F)(F)F. The largest absolute Gasteiger partial charge is 0.421 e. The minimum Gasteiger partial charge on any atom is -0.298 e. The number of hydrogen-bond donors (Lipinski definition) is 0. The van der Waals surface area contributed by atoms with Gasteiger partial charge in [-0.3, -0.25) is 14.2 Å². The van der Waals surface area contributed by atoms with Crippen LogP contribution in [-0.2, 0) is 0 Å². The molecule has 1 heterocycles. The summed E-state index contributed by atoms with van der Waals surface area (Å²) >= 11 is 0. The summed E-state index contributed by atoms with van der Waals surface area (Å²) in [6.45, 7) is 2.76. The number of hydrogen-bond acceptors (Lipinski definition) is 2. The number of aldehydes is 1. The first kappa shape index (κ1) is 13.1. The number of allylic oxidation sites excluding steroid dienone is 1. The molecule has 0 bridgehead atoms. The second-order valence-corrected chi connectivity index (χ2v) is 3.87. The van der Waals surface area contributed by atoms with Crippen molar-refractivity contribution in [3.8, 4) is 0 Å². The maximum absolute atomic E-state index is 12.5. The molecule has 2 aromatic rings. The Bertz CT molecular complexity index is 683. The van der Waals surface area contributed by atoms with E-state index in [0.29, 0.717) is 11.7 Å². The summed E-state index contributed by atoms with van der Waals surface area (Å²) in [6, 6.07) is 6.21. The second kappa shape index (κ2) is 4.38. The van der Waals surface area contributed by atoms with Gasteiger partial charge >= 0.3 is 6.18 Å². The molecule has 0 unspecified atom stereocenters. The number of fused-ring (bicyclic) bond motifs is 1. The first-order chi connectivity index (χ1) is 8.86. The van der Waals surface area contributed by atoms with Crippen LogP contribution in [0.3, 0.4) is 0 Å². The van der Waals surface area contributed by atoms with Gasteiger partial charge in [0.25, 0.3) is 5.91 Å². The van der Waals surface area contributed by atoms with Crippen LogP contribution in [-0.4, -0.2) is 22.9 Å². The van der Waals surface area contributed by atoms with Gasteiger partial charge in [0.15, 0.2) is 6.29 Å². The predicted octanol–water partition coefficient (Wildman–Crippen LogP) is 3.21. The molecule has 1 aromatic heterocycles. The van der Waals surface area contributed by atoms with Crippen LogP contribution in [0, 0.1) is 0 Å². The molecule has 0 atom stereocenters. The molecule has 2 rings (SSSR count). The first-order valence-electron chi connectivity index (χ1n) is 5.22. The van der Waals surface area contributed by atoms with Gasteiger partial charge in [0.2, 0.25) is 0 Å². The Morgan fingerprint density at radius 1 is 1.26 bits per heavy atom. The van der Waals surface area contributed by atoms with Gasteiger partial charge in [-0.25, -0.2) is 0 Å². The van der Waals surface area contributed by atoms with Crippen molar-refractivity contribution in [1.29, 1.82) is 0 Å². The zero-order valence-electron chi connectivity index (χ0n) is 9.57. The van der Waals surface area contributed by atoms with E-state index in [1.807, 2.05) is 0 Å².